The highest BCUT2D eigenvalue weighted by Gasteiger charge is 2.24. The Labute approximate surface area is 292 Å². The zero-order chi connectivity index (χ0) is 32.8. The van der Waals surface area contributed by atoms with Crippen LogP contribution in [-0.2, 0) is 0 Å². The van der Waals surface area contributed by atoms with Crippen LogP contribution in [0.25, 0.3) is 108 Å². The van der Waals surface area contributed by atoms with E-state index >= 15 is 0 Å². The van der Waals surface area contributed by atoms with Crippen LogP contribution in [0.3, 0.4) is 0 Å². The molecule has 232 valence electrons. The van der Waals surface area contributed by atoms with Crippen LogP contribution in [0.4, 0.5) is 0 Å². The van der Waals surface area contributed by atoms with E-state index in [1.165, 1.54) is 90.9 Å². The van der Waals surface area contributed by atoms with Gasteiger partial charge in [-0.3, -0.25) is 0 Å². The van der Waals surface area contributed by atoms with Gasteiger partial charge in [-0.1, -0.05) is 152 Å². The molecule has 0 unspecified atom stereocenters. The molecule has 0 aliphatic heterocycles. The number of rotatable bonds is 3. The molecule has 0 saturated carbocycles. The molecule has 9 aromatic carbocycles. The lowest BCUT2D eigenvalue weighted by molar-refractivity contribution is 0.618. The van der Waals surface area contributed by atoms with Crippen molar-refractivity contribution in [1.82, 2.24) is 0 Å². The number of fused-ring (bicyclic) bond motifs is 9. The number of hydrogen-bond acceptors (Lipinski definition) is 2. The summed E-state index contributed by atoms with van der Waals surface area (Å²) in [5.74, 6) is 0. The third-order valence-corrected chi connectivity index (χ3v) is 11.6. The van der Waals surface area contributed by atoms with Crippen molar-refractivity contribution in [1.29, 1.82) is 0 Å². The Bertz CT molecular complexity index is 3090. The lowest BCUT2D eigenvalue weighted by atomic mass is 9.84. The maximum Gasteiger partial charge on any atom is 0.143 e. The topological polar surface area (TPSA) is 13.1 Å². The number of benzene rings is 9. The Morgan fingerprint density at radius 2 is 0.820 bits per heavy atom. The molecule has 1 nitrogen and oxygen atoms in total. The van der Waals surface area contributed by atoms with E-state index in [2.05, 4.69) is 164 Å². The first-order valence-electron chi connectivity index (χ1n) is 17.1. The van der Waals surface area contributed by atoms with Gasteiger partial charge < -0.3 is 4.42 Å². The van der Waals surface area contributed by atoms with Crippen LogP contribution in [0.15, 0.2) is 174 Å². The summed E-state index contributed by atoms with van der Waals surface area (Å²) in [5, 5.41) is 13.6. The van der Waals surface area contributed by atoms with Crippen LogP contribution < -0.4 is 0 Å². The summed E-state index contributed by atoms with van der Waals surface area (Å²) in [6, 6.07) is 59.7. The average Bonchev–Trinajstić information content (AvgIpc) is 3.78. The van der Waals surface area contributed by atoms with Crippen molar-refractivity contribution in [3.8, 4) is 33.4 Å². The monoisotopic (exact) mass is 652 g/mol. The third kappa shape index (κ3) is 3.88. The molecular weight excluding hydrogens is 625 g/mol. The van der Waals surface area contributed by atoms with Crippen LogP contribution >= 0.6 is 11.3 Å². The molecule has 2 heterocycles. The Hall–Kier alpha value is -6.22. The van der Waals surface area contributed by atoms with Gasteiger partial charge in [0, 0.05) is 42.2 Å². The number of thiophene rings is 1. The number of furan rings is 1. The first-order valence-corrected chi connectivity index (χ1v) is 17.9. The highest BCUT2D eigenvalue weighted by molar-refractivity contribution is 7.26. The van der Waals surface area contributed by atoms with Crippen LogP contribution in [0.5, 0.6) is 0 Å². The van der Waals surface area contributed by atoms with E-state index in [1.54, 1.807) is 0 Å². The maximum absolute atomic E-state index is 6.84. The SMILES string of the molecule is c1ccc2c(-c3c4ccccc4c(-c4cc5sc6ccccc6c5c5c(-c6cccc7ccccc67)coc45)c4ccccc34)cccc2c1. The van der Waals surface area contributed by atoms with E-state index in [9.17, 15) is 0 Å². The summed E-state index contributed by atoms with van der Waals surface area (Å²) in [7, 11) is 0. The van der Waals surface area contributed by atoms with Crippen LogP contribution in [0.2, 0.25) is 0 Å². The molecule has 0 amide bonds. The van der Waals surface area contributed by atoms with Crippen molar-refractivity contribution in [3.63, 3.8) is 0 Å². The van der Waals surface area contributed by atoms with Crippen LogP contribution in [0.1, 0.15) is 0 Å². The summed E-state index contributed by atoms with van der Waals surface area (Å²) >= 11 is 1.87. The van der Waals surface area contributed by atoms with Gasteiger partial charge in [-0.2, -0.15) is 0 Å². The minimum Gasteiger partial charge on any atom is -0.463 e. The second-order valence-corrected chi connectivity index (χ2v) is 14.2. The summed E-state index contributed by atoms with van der Waals surface area (Å²) in [4.78, 5) is 0. The molecule has 0 N–H and O–H groups in total. The second-order valence-electron chi connectivity index (χ2n) is 13.1. The lowest BCUT2D eigenvalue weighted by Crippen LogP contribution is -1.92. The van der Waals surface area contributed by atoms with Gasteiger partial charge in [-0.05, 0) is 71.9 Å². The van der Waals surface area contributed by atoms with E-state index < -0.39 is 0 Å². The largest absolute Gasteiger partial charge is 0.463 e. The Morgan fingerprint density at radius 1 is 0.340 bits per heavy atom. The fraction of sp³-hybridized carbons (Fsp3) is 0. The van der Waals surface area contributed by atoms with Gasteiger partial charge in [-0.25, -0.2) is 0 Å². The molecule has 0 spiro atoms. The van der Waals surface area contributed by atoms with Gasteiger partial charge in [0.05, 0.1) is 6.26 Å². The predicted octanol–water partition coefficient (Wildman–Crippen LogP) is 14.4. The highest BCUT2D eigenvalue weighted by Crippen LogP contribution is 2.51. The molecular formula is C48H28OS. The molecule has 50 heavy (non-hydrogen) atoms. The molecule has 11 rings (SSSR count). The lowest BCUT2D eigenvalue weighted by Gasteiger charge is -2.19. The summed E-state index contributed by atoms with van der Waals surface area (Å²) in [5.41, 5.74) is 8.11. The predicted molar refractivity (Wildman–Crippen MR) is 215 cm³/mol. The van der Waals surface area contributed by atoms with Crippen LogP contribution in [0, 0.1) is 0 Å². The molecule has 2 heteroatoms. The fourth-order valence-electron chi connectivity index (χ4n) is 8.42. The molecule has 0 bridgehead atoms. The minimum atomic E-state index is 0.928. The molecule has 0 radical (unpaired) electrons. The van der Waals surface area contributed by atoms with Crippen molar-refractivity contribution >= 4 is 85.6 Å². The van der Waals surface area contributed by atoms with Gasteiger partial charge in [0.25, 0.3) is 0 Å². The standard InChI is InChI=1S/C48H28OS/c1-3-17-31-29(13-1)15-11-24-33(31)41-28-49-48-40(27-43-46(47(41)48)39-23-9-10-26-42(39)50-43)45-37-21-7-5-19-35(37)44(36-20-6-8-22-38(36)45)34-25-12-16-30-14-2-4-18-32(30)34/h1-28H. The Balaban J connectivity index is 1.32. The Kier molecular flexibility index (Phi) is 5.89. The van der Waals surface area contributed by atoms with Gasteiger partial charge in [0.15, 0.2) is 0 Å². The van der Waals surface area contributed by atoms with Crippen LogP contribution in [-0.4, -0.2) is 0 Å². The molecule has 0 aliphatic carbocycles. The van der Waals surface area contributed by atoms with Gasteiger partial charge in [-0.15, -0.1) is 11.3 Å². The molecule has 0 saturated heterocycles. The highest BCUT2D eigenvalue weighted by atomic mass is 32.1. The minimum absolute atomic E-state index is 0.928. The zero-order valence-corrected chi connectivity index (χ0v) is 27.8. The molecule has 2 aromatic heterocycles. The van der Waals surface area contributed by atoms with Crippen molar-refractivity contribution in [2.24, 2.45) is 0 Å². The van der Waals surface area contributed by atoms with E-state index in [4.69, 9.17) is 4.42 Å². The summed E-state index contributed by atoms with van der Waals surface area (Å²) in [6.45, 7) is 0. The Morgan fingerprint density at radius 3 is 1.46 bits per heavy atom. The summed E-state index contributed by atoms with van der Waals surface area (Å²) < 4.78 is 9.39. The molecule has 11 aromatic rings. The zero-order valence-electron chi connectivity index (χ0n) is 27.0. The summed E-state index contributed by atoms with van der Waals surface area (Å²) in [6.07, 6.45) is 2.00. The van der Waals surface area contributed by atoms with E-state index in [0.29, 0.717) is 0 Å². The van der Waals surface area contributed by atoms with Crippen molar-refractivity contribution < 1.29 is 4.42 Å². The van der Waals surface area contributed by atoms with Crippen molar-refractivity contribution in [2.75, 3.05) is 0 Å². The fourth-order valence-corrected chi connectivity index (χ4v) is 9.58. The van der Waals surface area contributed by atoms with E-state index in [-0.39, 0.29) is 0 Å². The molecule has 0 aliphatic rings. The first kappa shape index (κ1) is 27.7. The quantitative estimate of drug-likeness (QED) is 0.173. The third-order valence-electron chi connectivity index (χ3n) is 10.5. The van der Waals surface area contributed by atoms with Gasteiger partial charge in [0.2, 0.25) is 0 Å². The molecule has 0 atom stereocenters. The van der Waals surface area contributed by atoms with E-state index in [1.807, 2.05) is 17.6 Å². The van der Waals surface area contributed by atoms with Crippen molar-refractivity contribution in [3.05, 3.63) is 170 Å². The van der Waals surface area contributed by atoms with Crippen molar-refractivity contribution in [2.45, 2.75) is 0 Å². The normalized spacial score (nSPS) is 12.0. The smallest absolute Gasteiger partial charge is 0.143 e. The van der Waals surface area contributed by atoms with Gasteiger partial charge in [0.1, 0.15) is 5.58 Å². The number of hydrogen-bond donors (Lipinski definition) is 0. The second kappa shape index (κ2) is 10.6. The molecule has 0 fully saturated rings. The maximum atomic E-state index is 6.84. The first-order chi connectivity index (χ1) is 24.8. The average molecular weight is 653 g/mol. The van der Waals surface area contributed by atoms with E-state index in [0.717, 1.165) is 16.7 Å². The van der Waals surface area contributed by atoms with Gasteiger partial charge >= 0.3 is 0 Å².